The molecule has 170 valence electrons. The zero-order chi connectivity index (χ0) is 23.4. The summed E-state index contributed by atoms with van der Waals surface area (Å²) in [7, 11) is -2.49. The van der Waals surface area contributed by atoms with Crippen molar-refractivity contribution in [3.05, 3.63) is 109 Å². The van der Waals surface area contributed by atoms with Crippen LogP contribution in [0, 0.1) is 14.1 Å². The third kappa shape index (κ3) is 5.26. The van der Waals surface area contributed by atoms with E-state index >= 15 is 0 Å². The second kappa shape index (κ2) is 10.0. The SMILES string of the molecule is CO/N=C(\C)c1cc2ccccc2cc1I(OS(=O)(=O)c1ccc(C)cc1)c1ccccc1. The van der Waals surface area contributed by atoms with Crippen molar-refractivity contribution in [2.75, 3.05) is 7.11 Å². The third-order valence-electron chi connectivity index (χ3n) is 5.03. The topological polar surface area (TPSA) is 65.0 Å². The van der Waals surface area contributed by atoms with Gasteiger partial charge in [0.25, 0.3) is 0 Å². The van der Waals surface area contributed by atoms with Crippen LogP contribution in [-0.4, -0.2) is 21.2 Å². The van der Waals surface area contributed by atoms with Gasteiger partial charge in [-0.25, -0.2) is 0 Å². The molecule has 0 unspecified atom stereocenters. The van der Waals surface area contributed by atoms with Crippen LogP contribution in [0.25, 0.3) is 10.8 Å². The van der Waals surface area contributed by atoms with Crippen molar-refractivity contribution in [1.82, 2.24) is 0 Å². The van der Waals surface area contributed by atoms with Gasteiger partial charge in [0.1, 0.15) is 0 Å². The van der Waals surface area contributed by atoms with Crippen LogP contribution < -0.4 is 0 Å². The molecule has 4 rings (SSSR count). The van der Waals surface area contributed by atoms with E-state index in [1.165, 1.54) is 7.11 Å². The number of nitrogens with zero attached hydrogens (tertiary/aromatic N) is 1. The summed E-state index contributed by atoms with van der Waals surface area (Å²) in [6, 6.07) is 28.3. The van der Waals surface area contributed by atoms with Crippen molar-refractivity contribution >= 4 is 46.8 Å². The molecule has 0 aliphatic heterocycles. The van der Waals surface area contributed by atoms with Crippen LogP contribution in [0.3, 0.4) is 0 Å². The van der Waals surface area contributed by atoms with Crippen molar-refractivity contribution in [2.24, 2.45) is 5.16 Å². The van der Waals surface area contributed by atoms with Crippen molar-refractivity contribution in [3.63, 3.8) is 0 Å². The summed E-state index contributed by atoms with van der Waals surface area (Å²) in [5, 5.41) is 6.18. The van der Waals surface area contributed by atoms with Gasteiger partial charge in [-0.3, -0.25) is 0 Å². The summed E-state index contributed by atoms with van der Waals surface area (Å²) in [6.07, 6.45) is 0. The van der Waals surface area contributed by atoms with E-state index in [-0.39, 0.29) is 4.90 Å². The van der Waals surface area contributed by atoms with E-state index in [1.54, 1.807) is 24.3 Å². The van der Waals surface area contributed by atoms with Gasteiger partial charge < -0.3 is 0 Å². The number of oxime groups is 1. The summed E-state index contributed by atoms with van der Waals surface area (Å²) >= 11 is -2.94. The first-order valence-electron chi connectivity index (χ1n) is 10.3. The molecule has 7 heteroatoms. The Morgan fingerprint density at radius 3 is 2.09 bits per heavy atom. The van der Waals surface area contributed by atoms with Gasteiger partial charge in [0.2, 0.25) is 0 Å². The summed E-state index contributed by atoms with van der Waals surface area (Å²) in [4.78, 5) is 5.19. The number of rotatable bonds is 7. The molecule has 0 heterocycles. The first-order valence-corrected chi connectivity index (χ1v) is 14.7. The molecule has 0 amide bonds. The molecule has 33 heavy (non-hydrogen) atoms. The molecule has 5 nitrogen and oxygen atoms in total. The van der Waals surface area contributed by atoms with Crippen molar-refractivity contribution in [3.8, 4) is 0 Å². The van der Waals surface area contributed by atoms with Crippen LogP contribution >= 0.6 is 20.2 Å². The molecule has 0 radical (unpaired) electrons. The second-order valence-corrected chi connectivity index (χ2v) is 13.8. The average Bonchev–Trinajstić information content (AvgIpc) is 2.83. The minimum absolute atomic E-state index is 0.149. The summed E-state index contributed by atoms with van der Waals surface area (Å²) in [5.74, 6) is 0. The van der Waals surface area contributed by atoms with E-state index in [9.17, 15) is 8.42 Å². The molecule has 0 saturated heterocycles. The Kier molecular flexibility index (Phi) is 7.11. The molecule has 0 fully saturated rings. The Bertz CT molecular complexity index is 1400. The predicted octanol–water partition coefficient (Wildman–Crippen LogP) is 6.38. The molecule has 0 N–H and O–H groups in total. The number of benzene rings is 4. The molecular formula is C26H24INO4S. The van der Waals surface area contributed by atoms with Gasteiger partial charge in [-0.15, -0.1) is 0 Å². The molecule has 4 aromatic carbocycles. The first-order chi connectivity index (χ1) is 15.9. The number of aryl methyl sites for hydroxylation is 1. The quantitative estimate of drug-likeness (QED) is 0.146. The predicted molar refractivity (Wildman–Crippen MR) is 140 cm³/mol. The van der Waals surface area contributed by atoms with Crippen LogP contribution in [0.2, 0.25) is 0 Å². The van der Waals surface area contributed by atoms with Crippen LogP contribution in [0.1, 0.15) is 18.1 Å². The first kappa shape index (κ1) is 23.4. The van der Waals surface area contributed by atoms with Gasteiger partial charge >= 0.3 is 203 Å². The average molecular weight is 573 g/mol. The van der Waals surface area contributed by atoms with Crippen LogP contribution in [0.15, 0.2) is 101 Å². The van der Waals surface area contributed by atoms with Gasteiger partial charge in [-0.1, -0.05) is 0 Å². The molecule has 0 spiro atoms. The molecule has 0 atom stereocenters. The number of fused-ring (bicyclic) bond motifs is 1. The van der Waals surface area contributed by atoms with Crippen LogP contribution in [0.5, 0.6) is 0 Å². The van der Waals surface area contributed by atoms with Crippen molar-refractivity contribution in [2.45, 2.75) is 18.7 Å². The van der Waals surface area contributed by atoms with Crippen molar-refractivity contribution < 1.29 is 15.8 Å². The number of hydrogen-bond donors (Lipinski definition) is 0. The minimum atomic E-state index is -3.98. The normalized spacial score (nSPS) is 12.6. The molecular weight excluding hydrogens is 549 g/mol. The Morgan fingerprint density at radius 1 is 0.848 bits per heavy atom. The van der Waals surface area contributed by atoms with E-state index in [2.05, 4.69) is 5.16 Å². The Morgan fingerprint density at radius 2 is 1.45 bits per heavy atom. The Hall–Kier alpha value is -2.75. The fourth-order valence-corrected chi connectivity index (χ4v) is 10.9. The molecule has 0 bridgehead atoms. The van der Waals surface area contributed by atoms with Gasteiger partial charge in [0, 0.05) is 0 Å². The summed E-state index contributed by atoms with van der Waals surface area (Å²) < 4.78 is 34.5. The van der Waals surface area contributed by atoms with Crippen LogP contribution in [-0.2, 0) is 17.5 Å². The number of halogens is 1. The van der Waals surface area contributed by atoms with Gasteiger partial charge in [0.05, 0.1) is 0 Å². The Balaban J connectivity index is 1.92. The van der Waals surface area contributed by atoms with E-state index in [4.69, 9.17) is 7.35 Å². The molecule has 0 aliphatic rings. The fraction of sp³-hybridized carbons (Fsp3) is 0.115. The molecule has 0 aromatic heterocycles. The van der Waals surface area contributed by atoms with Gasteiger partial charge in [-0.2, -0.15) is 0 Å². The monoisotopic (exact) mass is 573 g/mol. The molecule has 4 aromatic rings. The summed E-state index contributed by atoms with van der Waals surface area (Å²) in [5.41, 5.74) is 2.46. The van der Waals surface area contributed by atoms with E-state index in [0.29, 0.717) is 5.71 Å². The third-order valence-corrected chi connectivity index (χ3v) is 12.5. The zero-order valence-electron chi connectivity index (χ0n) is 18.5. The van der Waals surface area contributed by atoms with E-state index in [1.807, 2.05) is 80.6 Å². The maximum absolute atomic E-state index is 13.3. The fourth-order valence-electron chi connectivity index (χ4n) is 3.36. The van der Waals surface area contributed by atoms with Crippen molar-refractivity contribution in [1.29, 1.82) is 0 Å². The van der Waals surface area contributed by atoms with E-state index < -0.39 is 30.4 Å². The van der Waals surface area contributed by atoms with Gasteiger partial charge in [0.15, 0.2) is 0 Å². The van der Waals surface area contributed by atoms with Gasteiger partial charge in [-0.05, 0) is 0 Å². The zero-order valence-corrected chi connectivity index (χ0v) is 21.5. The molecule has 0 aliphatic carbocycles. The standard InChI is InChI=1S/C26H24INO4S/c1-19-13-15-24(16-14-19)33(29,30)32-27(23-11-5-4-6-12-23)26-18-22-10-8-7-9-21(22)17-25(26)20(2)28-31-3/h4-18H,1-3H3/b28-20+. The second-order valence-electron chi connectivity index (χ2n) is 7.41. The molecule has 0 saturated carbocycles. The van der Waals surface area contributed by atoms with Crippen LogP contribution in [0.4, 0.5) is 0 Å². The Labute approximate surface area is 202 Å². The number of hydrogen-bond acceptors (Lipinski definition) is 5. The maximum atomic E-state index is 13.3. The summed E-state index contributed by atoms with van der Waals surface area (Å²) in [6.45, 7) is 3.77. The van der Waals surface area contributed by atoms with E-state index in [0.717, 1.165) is 29.0 Å².